The van der Waals surface area contributed by atoms with E-state index < -0.39 is 11.5 Å². The minimum atomic E-state index is -1.64. The Hall–Kier alpha value is -1.55. The number of carbonyl (C=O) groups is 1. The van der Waals surface area contributed by atoms with Crippen LogP contribution in [-0.2, 0) is 10.4 Å². The van der Waals surface area contributed by atoms with Crippen molar-refractivity contribution in [2.45, 2.75) is 25.9 Å². The third kappa shape index (κ3) is 2.73. The van der Waals surface area contributed by atoms with E-state index in [0.717, 1.165) is 6.42 Å². The maximum Gasteiger partial charge on any atom is 0.253 e. The zero-order valence-electron chi connectivity index (χ0n) is 9.56. The van der Waals surface area contributed by atoms with Crippen LogP contribution in [0.5, 0.6) is 5.75 Å². The average Bonchev–Trinajstić information content (AvgIpc) is 2.26. The molecule has 0 fully saturated rings. The van der Waals surface area contributed by atoms with Crippen molar-refractivity contribution in [3.05, 3.63) is 29.8 Å². The summed E-state index contributed by atoms with van der Waals surface area (Å²) in [7, 11) is 0. The predicted octanol–water partition coefficient (Wildman–Crippen LogP) is 1.17. The van der Waals surface area contributed by atoms with Crippen LogP contribution in [0.4, 0.5) is 0 Å². The van der Waals surface area contributed by atoms with Crippen molar-refractivity contribution in [2.24, 2.45) is 5.73 Å². The van der Waals surface area contributed by atoms with E-state index >= 15 is 0 Å². The van der Waals surface area contributed by atoms with Crippen LogP contribution in [0.15, 0.2) is 24.3 Å². The normalized spacial score (nSPS) is 14.2. The third-order valence-electron chi connectivity index (χ3n) is 2.37. The van der Waals surface area contributed by atoms with E-state index in [4.69, 9.17) is 10.5 Å². The topological polar surface area (TPSA) is 72.6 Å². The van der Waals surface area contributed by atoms with Gasteiger partial charge >= 0.3 is 0 Å². The van der Waals surface area contributed by atoms with Crippen LogP contribution >= 0.6 is 0 Å². The van der Waals surface area contributed by atoms with Crippen LogP contribution in [0.25, 0.3) is 0 Å². The number of primary amides is 1. The van der Waals surface area contributed by atoms with Crippen molar-refractivity contribution < 1.29 is 14.6 Å². The molecule has 0 bridgehead atoms. The second-order valence-corrected chi connectivity index (χ2v) is 3.81. The molecule has 0 radical (unpaired) electrons. The van der Waals surface area contributed by atoms with E-state index in [0.29, 0.717) is 17.9 Å². The van der Waals surface area contributed by atoms with E-state index in [9.17, 15) is 9.90 Å². The Bertz CT molecular complexity index is 357. The van der Waals surface area contributed by atoms with Crippen molar-refractivity contribution in [1.29, 1.82) is 0 Å². The standard InChI is InChI=1S/C12H17NO3/c1-3-8-16-10-6-4-9(5-7-10)12(2,15)11(13)14/h4-7,15H,3,8H2,1-2H3,(H2,13,14). The predicted molar refractivity (Wildman–Crippen MR) is 61.0 cm³/mol. The molecule has 0 aromatic heterocycles. The number of benzene rings is 1. The maximum atomic E-state index is 11.0. The fourth-order valence-corrected chi connectivity index (χ4v) is 1.24. The molecule has 4 nitrogen and oxygen atoms in total. The molecule has 16 heavy (non-hydrogen) atoms. The number of carbonyl (C=O) groups excluding carboxylic acids is 1. The first-order valence-electron chi connectivity index (χ1n) is 5.24. The number of aliphatic hydroxyl groups is 1. The van der Waals surface area contributed by atoms with Crippen molar-refractivity contribution in [1.82, 2.24) is 0 Å². The summed E-state index contributed by atoms with van der Waals surface area (Å²) in [6.07, 6.45) is 0.931. The van der Waals surface area contributed by atoms with Gasteiger partial charge in [-0.1, -0.05) is 19.1 Å². The molecule has 0 aliphatic rings. The molecule has 88 valence electrons. The number of hydrogen-bond acceptors (Lipinski definition) is 3. The summed E-state index contributed by atoms with van der Waals surface area (Å²) in [6.45, 7) is 4.04. The van der Waals surface area contributed by atoms with Gasteiger partial charge in [0.1, 0.15) is 5.75 Å². The van der Waals surface area contributed by atoms with Crippen molar-refractivity contribution in [3.8, 4) is 5.75 Å². The Morgan fingerprint density at radius 2 is 2.00 bits per heavy atom. The highest BCUT2D eigenvalue weighted by molar-refractivity contribution is 5.84. The van der Waals surface area contributed by atoms with Gasteiger partial charge in [0.05, 0.1) is 6.61 Å². The monoisotopic (exact) mass is 223 g/mol. The van der Waals surface area contributed by atoms with Crippen molar-refractivity contribution in [2.75, 3.05) is 6.61 Å². The van der Waals surface area contributed by atoms with Gasteiger partial charge in [-0.05, 0) is 31.0 Å². The summed E-state index contributed by atoms with van der Waals surface area (Å²) in [5.74, 6) is -0.0550. The quantitative estimate of drug-likeness (QED) is 0.787. The van der Waals surface area contributed by atoms with Gasteiger partial charge in [0.15, 0.2) is 5.60 Å². The lowest BCUT2D eigenvalue weighted by Crippen LogP contribution is -2.38. The Balaban J connectivity index is 2.82. The summed E-state index contributed by atoms with van der Waals surface area (Å²) in [4.78, 5) is 11.0. The first kappa shape index (κ1) is 12.5. The molecule has 1 aromatic rings. The number of hydrogen-bond donors (Lipinski definition) is 2. The van der Waals surface area contributed by atoms with Crippen molar-refractivity contribution in [3.63, 3.8) is 0 Å². The molecule has 1 aromatic carbocycles. The molecular formula is C12H17NO3. The average molecular weight is 223 g/mol. The third-order valence-corrected chi connectivity index (χ3v) is 2.37. The number of ether oxygens (including phenoxy) is 1. The van der Waals surface area contributed by atoms with Gasteiger partial charge in [0.2, 0.25) is 0 Å². The summed E-state index contributed by atoms with van der Waals surface area (Å²) < 4.78 is 5.39. The van der Waals surface area contributed by atoms with Crippen LogP contribution in [0.2, 0.25) is 0 Å². The number of rotatable bonds is 5. The highest BCUT2D eigenvalue weighted by Gasteiger charge is 2.29. The van der Waals surface area contributed by atoms with Gasteiger partial charge in [0.25, 0.3) is 5.91 Å². The summed E-state index contributed by atoms with van der Waals surface area (Å²) in [5, 5.41) is 9.81. The first-order chi connectivity index (χ1) is 7.48. The van der Waals surface area contributed by atoms with Crippen molar-refractivity contribution >= 4 is 5.91 Å². The molecule has 4 heteroatoms. The maximum absolute atomic E-state index is 11.0. The second-order valence-electron chi connectivity index (χ2n) is 3.81. The van der Waals surface area contributed by atoms with Gasteiger partial charge in [-0.15, -0.1) is 0 Å². The summed E-state index contributed by atoms with van der Waals surface area (Å²) in [6, 6.07) is 6.69. The Labute approximate surface area is 95.0 Å². The molecule has 1 amide bonds. The van der Waals surface area contributed by atoms with E-state index in [-0.39, 0.29) is 0 Å². The minimum Gasteiger partial charge on any atom is -0.494 e. The fraction of sp³-hybridized carbons (Fsp3) is 0.417. The summed E-state index contributed by atoms with van der Waals surface area (Å²) >= 11 is 0. The van der Waals surface area contributed by atoms with Crippen LogP contribution in [0.1, 0.15) is 25.8 Å². The molecule has 0 aliphatic heterocycles. The van der Waals surface area contributed by atoms with Crippen LogP contribution in [0.3, 0.4) is 0 Å². The van der Waals surface area contributed by atoms with E-state index in [1.165, 1.54) is 6.92 Å². The molecule has 0 saturated heterocycles. The van der Waals surface area contributed by atoms with Crippen LogP contribution in [0, 0.1) is 0 Å². The van der Waals surface area contributed by atoms with Crippen LogP contribution < -0.4 is 10.5 Å². The Morgan fingerprint density at radius 3 is 2.44 bits per heavy atom. The lowest BCUT2D eigenvalue weighted by Gasteiger charge is -2.19. The molecule has 0 saturated carbocycles. The smallest absolute Gasteiger partial charge is 0.253 e. The van der Waals surface area contributed by atoms with E-state index in [2.05, 4.69) is 0 Å². The molecule has 1 rings (SSSR count). The highest BCUT2D eigenvalue weighted by atomic mass is 16.5. The molecule has 1 atom stereocenters. The molecular weight excluding hydrogens is 206 g/mol. The summed E-state index contributed by atoms with van der Waals surface area (Å²) in [5.41, 5.74) is 3.93. The number of nitrogens with two attached hydrogens (primary N) is 1. The molecule has 3 N–H and O–H groups in total. The second kappa shape index (κ2) is 4.99. The molecule has 0 heterocycles. The zero-order chi connectivity index (χ0) is 12.2. The van der Waals surface area contributed by atoms with E-state index in [1.54, 1.807) is 24.3 Å². The lowest BCUT2D eigenvalue weighted by molar-refractivity contribution is -0.135. The Kier molecular flexibility index (Phi) is 3.90. The largest absolute Gasteiger partial charge is 0.494 e. The van der Waals surface area contributed by atoms with Gasteiger partial charge in [-0.3, -0.25) is 4.79 Å². The SMILES string of the molecule is CCCOc1ccc(C(C)(O)C(N)=O)cc1. The lowest BCUT2D eigenvalue weighted by atomic mass is 9.95. The first-order valence-corrected chi connectivity index (χ1v) is 5.24. The van der Waals surface area contributed by atoms with Gasteiger partial charge in [0, 0.05) is 0 Å². The number of amides is 1. The fourth-order valence-electron chi connectivity index (χ4n) is 1.24. The minimum absolute atomic E-state index is 0.462. The van der Waals surface area contributed by atoms with Gasteiger partial charge in [-0.25, -0.2) is 0 Å². The van der Waals surface area contributed by atoms with Crippen LogP contribution in [-0.4, -0.2) is 17.6 Å². The highest BCUT2D eigenvalue weighted by Crippen LogP contribution is 2.22. The molecule has 0 spiro atoms. The Morgan fingerprint density at radius 1 is 1.44 bits per heavy atom. The molecule has 1 unspecified atom stereocenters. The van der Waals surface area contributed by atoms with Gasteiger partial charge < -0.3 is 15.6 Å². The van der Waals surface area contributed by atoms with Gasteiger partial charge in [-0.2, -0.15) is 0 Å². The molecule has 0 aliphatic carbocycles. The zero-order valence-corrected chi connectivity index (χ0v) is 9.56. The van der Waals surface area contributed by atoms with E-state index in [1.807, 2.05) is 6.92 Å².